The number of thiophene rings is 1. The van der Waals surface area contributed by atoms with Crippen LogP contribution in [0.1, 0.15) is 55.0 Å². The zero-order valence-corrected chi connectivity index (χ0v) is 14.5. The van der Waals surface area contributed by atoms with Gasteiger partial charge in [-0.1, -0.05) is 6.92 Å². The van der Waals surface area contributed by atoms with Crippen LogP contribution >= 0.6 is 11.3 Å². The Hall–Kier alpha value is -0.380. The van der Waals surface area contributed by atoms with E-state index in [1.54, 1.807) is 0 Å². The Morgan fingerprint density at radius 2 is 1.95 bits per heavy atom. The summed E-state index contributed by atoms with van der Waals surface area (Å²) < 4.78 is 0. The molecule has 3 heteroatoms. The van der Waals surface area contributed by atoms with E-state index in [1.165, 1.54) is 47.8 Å². The van der Waals surface area contributed by atoms with E-state index in [0.717, 1.165) is 5.92 Å². The third-order valence-electron chi connectivity index (χ3n) is 4.85. The van der Waals surface area contributed by atoms with Gasteiger partial charge in [-0.05, 0) is 77.7 Å². The fourth-order valence-electron chi connectivity index (χ4n) is 3.47. The average molecular weight is 295 g/mol. The monoisotopic (exact) mass is 294 g/mol. The Morgan fingerprint density at radius 1 is 1.30 bits per heavy atom. The van der Waals surface area contributed by atoms with E-state index >= 15 is 0 Å². The molecule has 0 saturated carbocycles. The molecule has 1 saturated heterocycles. The number of aryl methyl sites for hydroxylation is 2. The topological polar surface area (TPSA) is 15.3 Å². The largest absolute Gasteiger partial charge is 0.307 e. The number of nitrogens with zero attached hydrogens (tertiary/aromatic N) is 1. The summed E-state index contributed by atoms with van der Waals surface area (Å²) in [4.78, 5) is 5.46. The highest BCUT2D eigenvalue weighted by molar-refractivity contribution is 7.12. The van der Waals surface area contributed by atoms with Gasteiger partial charge < -0.3 is 10.2 Å². The van der Waals surface area contributed by atoms with Gasteiger partial charge in [-0.3, -0.25) is 0 Å². The quantitative estimate of drug-likeness (QED) is 0.878. The third-order valence-corrected chi connectivity index (χ3v) is 5.83. The van der Waals surface area contributed by atoms with E-state index in [2.05, 4.69) is 50.9 Å². The minimum atomic E-state index is 0.471. The number of hydrogen-bond acceptors (Lipinski definition) is 3. The molecule has 0 bridgehead atoms. The van der Waals surface area contributed by atoms with Crippen molar-refractivity contribution in [3.05, 3.63) is 21.4 Å². The first kappa shape index (κ1) is 16.0. The molecule has 1 fully saturated rings. The van der Waals surface area contributed by atoms with Crippen molar-refractivity contribution in [1.82, 2.24) is 10.2 Å². The highest BCUT2D eigenvalue weighted by Crippen LogP contribution is 2.28. The lowest BCUT2D eigenvalue weighted by Crippen LogP contribution is -2.42. The molecule has 114 valence electrons. The molecule has 2 nitrogen and oxygen atoms in total. The summed E-state index contributed by atoms with van der Waals surface area (Å²) in [6, 6.07) is 3.44. The summed E-state index contributed by atoms with van der Waals surface area (Å²) in [7, 11) is 0. The lowest BCUT2D eigenvalue weighted by atomic mass is 9.89. The summed E-state index contributed by atoms with van der Waals surface area (Å²) in [6.45, 7) is 15.2. The molecule has 2 rings (SSSR count). The van der Waals surface area contributed by atoms with Gasteiger partial charge in [-0.2, -0.15) is 0 Å². The maximum absolute atomic E-state index is 3.84. The van der Waals surface area contributed by atoms with Gasteiger partial charge in [0.15, 0.2) is 0 Å². The normalized spacial score (nSPS) is 21.1. The molecular formula is C17H30N2S. The van der Waals surface area contributed by atoms with Gasteiger partial charge in [0.1, 0.15) is 0 Å². The summed E-state index contributed by atoms with van der Waals surface area (Å²) in [5, 5.41) is 3.84. The first-order valence-electron chi connectivity index (χ1n) is 8.06. The number of likely N-dealkylation sites (tertiary alicyclic amines) is 1. The molecular weight excluding hydrogens is 264 g/mol. The Morgan fingerprint density at radius 3 is 2.45 bits per heavy atom. The van der Waals surface area contributed by atoms with Gasteiger partial charge in [0.25, 0.3) is 0 Å². The number of piperidine rings is 1. The molecule has 1 aliphatic rings. The molecule has 0 spiro atoms. The van der Waals surface area contributed by atoms with Crippen molar-refractivity contribution in [3.8, 4) is 0 Å². The molecule has 1 N–H and O–H groups in total. The second-order valence-electron chi connectivity index (χ2n) is 6.32. The highest BCUT2D eigenvalue weighted by Gasteiger charge is 2.24. The molecule has 1 aliphatic heterocycles. The van der Waals surface area contributed by atoms with Crippen molar-refractivity contribution >= 4 is 11.3 Å². The zero-order valence-electron chi connectivity index (χ0n) is 13.7. The first-order valence-corrected chi connectivity index (χ1v) is 8.88. The van der Waals surface area contributed by atoms with E-state index in [0.29, 0.717) is 12.1 Å². The Kier molecular flexibility index (Phi) is 5.65. The first-order chi connectivity index (χ1) is 9.51. The number of hydrogen-bond donors (Lipinski definition) is 1. The maximum atomic E-state index is 3.84. The summed E-state index contributed by atoms with van der Waals surface area (Å²) in [5.74, 6) is 0.834. The van der Waals surface area contributed by atoms with Crippen molar-refractivity contribution in [2.45, 2.75) is 59.5 Å². The molecule has 0 amide bonds. The van der Waals surface area contributed by atoms with Gasteiger partial charge in [0.05, 0.1) is 0 Å². The van der Waals surface area contributed by atoms with Gasteiger partial charge in [0, 0.05) is 21.8 Å². The van der Waals surface area contributed by atoms with Crippen molar-refractivity contribution in [3.63, 3.8) is 0 Å². The fourth-order valence-corrected chi connectivity index (χ4v) is 4.49. The van der Waals surface area contributed by atoms with Crippen LogP contribution in [0.5, 0.6) is 0 Å². The lowest BCUT2D eigenvalue weighted by molar-refractivity contribution is 0.165. The van der Waals surface area contributed by atoms with Gasteiger partial charge in [-0.25, -0.2) is 0 Å². The molecule has 0 radical (unpaired) electrons. The van der Waals surface area contributed by atoms with E-state index < -0.39 is 0 Å². The van der Waals surface area contributed by atoms with Crippen LogP contribution in [0.3, 0.4) is 0 Å². The highest BCUT2D eigenvalue weighted by atomic mass is 32.1. The van der Waals surface area contributed by atoms with Gasteiger partial charge in [0.2, 0.25) is 0 Å². The molecule has 0 aliphatic carbocycles. The van der Waals surface area contributed by atoms with Crippen LogP contribution in [0.4, 0.5) is 0 Å². The Balaban J connectivity index is 1.88. The predicted octanol–water partition coefficient (Wildman–Crippen LogP) is 4.14. The maximum Gasteiger partial charge on any atom is 0.0305 e. The van der Waals surface area contributed by atoms with Crippen molar-refractivity contribution < 1.29 is 0 Å². The number of nitrogens with one attached hydrogen (secondary N) is 1. The van der Waals surface area contributed by atoms with Crippen LogP contribution in [-0.2, 0) is 0 Å². The summed E-state index contributed by atoms with van der Waals surface area (Å²) in [5.41, 5.74) is 1.49. The van der Waals surface area contributed by atoms with Crippen LogP contribution < -0.4 is 5.32 Å². The van der Waals surface area contributed by atoms with Gasteiger partial charge in [-0.15, -0.1) is 11.3 Å². The van der Waals surface area contributed by atoms with Crippen LogP contribution in [0, 0.1) is 19.8 Å². The van der Waals surface area contributed by atoms with Crippen molar-refractivity contribution in [2.24, 2.45) is 5.92 Å². The van der Waals surface area contributed by atoms with Crippen LogP contribution in [0.25, 0.3) is 0 Å². The van der Waals surface area contributed by atoms with E-state index in [9.17, 15) is 0 Å². The smallest absolute Gasteiger partial charge is 0.0305 e. The van der Waals surface area contributed by atoms with Crippen LogP contribution in [0.15, 0.2) is 6.07 Å². The molecule has 20 heavy (non-hydrogen) atoms. The van der Waals surface area contributed by atoms with E-state index in [4.69, 9.17) is 0 Å². The Labute approximate surface area is 128 Å². The standard InChI is InChI=1S/C17H30N2S/c1-6-19-9-7-16(8-10-19)13(3)18-14(4)17-11-12(2)20-15(17)5/h11,13-14,16,18H,6-10H2,1-5H3. The zero-order chi connectivity index (χ0) is 14.7. The minimum Gasteiger partial charge on any atom is -0.307 e. The summed E-state index contributed by atoms with van der Waals surface area (Å²) >= 11 is 1.92. The minimum absolute atomic E-state index is 0.471. The van der Waals surface area contributed by atoms with Gasteiger partial charge >= 0.3 is 0 Å². The van der Waals surface area contributed by atoms with Crippen molar-refractivity contribution in [2.75, 3.05) is 19.6 Å². The van der Waals surface area contributed by atoms with Crippen LogP contribution in [-0.4, -0.2) is 30.6 Å². The summed E-state index contributed by atoms with van der Waals surface area (Å²) in [6.07, 6.45) is 2.69. The molecule has 1 aromatic heterocycles. The second kappa shape index (κ2) is 7.06. The predicted molar refractivity (Wildman–Crippen MR) is 89.6 cm³/mol. The van der Waals surface area contributed by atoms with E-state index in [1.807, 2.05) is 11.3 Å². The number of rotatable bonds is 5. The molecule has 2 atom stereocenters. The SMILES string of the molecule is CCN1CCC(C(C)NC(C)c2cc(C)sc2C)CC1. The fraction of sp³-hybridized carbons (Fsp3) is 0.765. The molecule has 2 unspecified atom stereocenters. The van der Waals surface area contributed by atoms with E-state index in [-0.39, 0.29) is 0 Å². The lowest BCUT2D eigenvalue weighted by Gasteiger charge is -2.35. The second-order valence-corrected chi connectivity index (χ2v) is 7.78. The molecule has 1 aromatic rings. The Bertz CT molecular complexity index is 419. The molecule has 2 heterocycles. The molecule has 0 aromatic carbocycles. The van der Waals surface area contributed by atoms with Crippen molar-refractivity contribution in [1.29, 1.82) is 0 Å². The van der Waals surface area contributed by atoms with Crippen LogP contribution in [0.2, 0.25) is 0 Å². The third kappa shape index (κ3) is 3.84. The average Bonchev–Trinajstić information content (AvgIpc) is 2.78.